The van der Waals surface area contributed by atoms with E-state index in [9.17, 15) is 10.1 Å². The highest BCUT2D eigenvalue weighted by Gasteiger charge is 2.08. The maximum absolute atomic E-state index is 10.7. The van der Waals surface area contributed by atoms with Gasteiger partial charge in [0.25, 0.3) is 5.69 Å². The Bertz CT molecular complexity index is 582. The van der Waals surface area contributed by atoms with Crippen LogP contribution in [0, 0.1) is 10.1 Å². The second-order valence-corrected chi connectivity index (χ2v) is 3.65. The van der Waals surface area contributed by atoms with Gasteiger partial charge in [0.2, 0.25) is 0 Å². The zero-order valence-corrected chi connectivity index (χ0v) is 8.96. The predicted octanol–water partition coefficient (Wildman–Crippen LogP) is 2.43. The van der Waals surface area contributed by atoms with Gasteiger partial charge >= 0.3 is 0 Å². The molecule has 0 amide bonds. The summed E-state index contributed by atoms with van der Waals surface area (Å²) in [5.41, 5.74) is 14.0. The zero-order valence-electron chi connectivity index (χ0n) is 8.96. The van der Waals surface area contributed by atoms with Gasteiger partial charge in [-0.05, 0) is 17.7 Å². The molecule has 4 N–H and O–H groups in total. The quantitative estimate of drug-likeness (QED) is 0.469. The minimum absolute atomic E-state index is 0.0405. The molecule has 5 nitrogen and oxygen atoms in total. The van der Waals surface area contributed by atoms with E-state index in [4.69, 9.17) is 11.5 Å². The van der Waals surface area contributed by atoms with Crippen LogP contribution in [0.15, 0.2) is 42.5 Å². The van der Waals surface area contributed by atoms with Crippen LogP contribution in [0.3, 0.4) is 0 Å². The minimum atomic E-state index is -0.434. The standard InChI is InChI=1S/C12H11N3O2/c13-9-4-5-11(12(14)7-9)8-2-1-3-10(6-8)15(16)17/h1-7H,13-14H2. The minimum Gasteiger partial charge on any atom is -0.399 e. The summed E-state index contributed by atoms with van der Waals surface area (Å²) in [5, 5.41) is 10.7. The lowest BCUT2D eigenvalue weighted by Gasteiger charge is -2.06. The van der Waals surface area contributed by atoms with Gasteiger partial charge in [-0.15, -0.1) is 0 Å². The molecule has 0 fully saturated rings. The van der Waals surface area contributed by atoms with Crippen LogP contribution < -0.4 is 11.5 Å². The predicted molar refractivity (Wildman–Crippen MR) is 67.4 cm³/mol. The van der Waals surface area contributed by atoms with Gasteiger partial charge in [-0.1, -0.05) is 18.2 Å². The lowest BCUT2D eigenvalue weighted by Crippen LogP contribution is -1.94. The molecule has 86 valence electrons. The molecule has 2 rings (SSSR count). The first-order chi connectivity index (χ1) is 8.08. The Morgan fingerprint density at radius 3 is 2.47 bits per heavy atom. The zero-order chi connectivity index (χ0) is 12.4. The first-order valence-corrected chi connectivity index (χ1v) is 4.98. The largest absolute Gasteiger partial charge is 0.399 e. The molecule has 0 saturated heterocycles. The molecule has 0 aliphatic heterocycles. The molecule has 0 unspecified atom stereocenters. The van der Waals surface area contributed by atoms with E-state index in [0.29, 0.717) is 16.9 Å². The Balaban J connectivity index is 2.53. The molecule has 0 bridgehead atoms. The van der Waals surface area contributed by atoms with E-state index in [2.05, 4.69) is 0 Å². The number of hydrogen-bond acceptors (Lipinski definition) is 4. The smallest absolute Gasteiger partial charge is 0.270 e. The van der Waals surface area contributed by atoms with Crippen molar-refractivity contribution in [2.75, 3.05) is 11.5 Å². The monoisotopic (exact) mass is 229 g/mol. The fourth-order valence-electron chi connectivity index (χ4n) is 1.63. The number of nitro benzene ring substituents is 1. The number of anilines is 2. The van der Waals surface area contributed by atoms with Gasteiger partial charge < -0.3 is 11.5 Å². The van der Waals surface area contributed by atoms with Crippen molar-refractivity contribution < 1.29 is 4.92 Å². The fraction of sp³-hybridized carbons (Fsp3) is 0. The van der Waals surface area contributed by atoms with E-state index in [0.717, 1.165) is 5.56 Å². The van der Waals surface area contributed by atoms with Crippen LogP contribution in [0.5, 0.6) is 0 Å². The van der Waals surface area contributed by atoms with E-state index in [1.54, 1.807) is 30.3 Å². The van der Waals surface area contributed by atoms with Gasteiger partial charge in [0, 0.05) is 29.1 Å². The van der Waals surface area contributed by atoms with Crippen molar-refractivity contribution >= 4 is 17.1 Å². The summed E-state index contributed by atoms with van der Waals surface area (Å²) >= 11 is 0. The average Bonchev–Trinajstić information content (AvgIpc) is 2.29. The van der Waals surface area contributed by atoms with Crippen LogP contribution in [0.1, 0.15) is 0 Å². The summed E-state index contributed by atoms with van der Waals surface area (Å²) in [6.07, 6.45) is 0. The molecule has 0 atom stereocenters. The molecule has 2 aromatic rings. The second-order valence-electron chi connectivity index (χ2n) is 3.65. The Hall–Kier alpha value is -2.56. The summed E-state index contributed by atoms with van der Waals surface area (Å²) in [6, 6.07) is 11.4. The molecule has 0 heterocycles. The SMILES string of the molecule is Nc1ccc(-c2cccc([N+](=O)[O-])c2)c(N)c1. The van der Waals surface area contributed by atoms with Crippen molar-refractivity contribution in [3.05, 3.63) is 52.6 Å². The maximum atomic E-state index is 10.7. The van der Waals surface area contributed by atoms with Crippen LogP contribution >= 0.6 is 0 Å². The Morgan fingerprint density at radius 1 is 1.06 bits per heavy atom. The Kier molecular flexibility index (Phi) is 2.66. The molecule has 0 aliphatic carbocycles. The normalized spacial score (nSPS) is 10.1. The van der Waals surface area contributed by atoms with Crippen molar-refractivity contribution in [1.82, 2.24) is 0 Å². The molecule has 5 heteroatoms. The molecule has 0 aliphatic rings. The maximum Gasteiger partial charge on any atom is 0.270 e. The summed E-state index contributed by atoms with van der Waals surface area (Å²) in [6.45, 7) is 0. The number of nitrogens with two attached hydrogens (primary N) is 2. The molecule has 2 aromatic carbocycles. The van der Waals surface area contributed by atoms with Crippen molar-refractivity contribution in [1.29, 1.82) is 0 Å². The van der Waals surface area contributed by atoms with Gasteiger partial charge in [-0.25, -0.2) is 0 Å². The van der Waals surface area contributed by atoms with E-state index in [-0.39, 0.29) is 5.69 Å². The lowest BCUT2D eigenvalue weighted by molar-refractivity contribution is -0.384. The number of nitro groups is 1. The van der Waals surface area contributed by atoms with Crippen molar-refractivity contribution in [3.63, 3.8) is 0 Å². The van der Waals surface area contributed by atoms with Gasteiger partial charge in [-0.2, -0.15) is 0 Å². The average molecular weight is 229 g/mol. The molecule has 0 saturated carbocycles. The lowest BCUT2D eigenvalue weighted by atomic mass is 10.0. The summed E-state index contributed by atoms with van der Waals surface area (Å²) < 4.78 is 0. The van der Waals surface area contributed by atoms with Crippen LogP contribution in [0.25, 0.3) is 11.1 Å². The highest BCUT2D eigenvalue weighted by atomic mass is 16.6. The van der Waals surface area contributed by atoms with Gasteiger partial charge in [0.1, 0.15) is 0 Å². The van der Waals surface area contributed by atoms with Crippen LogP contribution in [-0.4, -0.2) is 4.92 Å². The van der Waals surface area contributed by atoms with Crippen LogP contribution in [-0.2, 0) is 0 Å². The number of nitrogens with zero attached hydrogens (tertiary/aromatic N) is 1. The van der Waals surface area contributed by atoms with Crippen LogP contribution in [0.2, 0.25) is 0 Å². The first-order valence-electron chi connectivity index (χ1n) is 4.98. The summed E-state index contributed by atoms with van der Waals surface area (Å²) in [7, 11) is 0. The van der Waals surface area contributed by atoms with Crippen molar-refractivity contribution in [2.45, 2.75) is 0 Å². The molecule has 17 heavy (non-hydrogen) atoms. The summed E-state index contributed by atoms with van der Waals surface area (Å²) in [5.74, 6) is 0. The number of rotatable bonds is 2. The highest BCUT2D eigenvalue weighted by Crippen LogP contribution is 2.29. The van der Waals surface area contributed by atoms with Gasteiger partial charge in [0.05, 0.1) is 4.92 Å². The van der Waals surface area contributed by atoms with Crippen molar-refractivity contribution in [3.8, 4) is 11.1 Å². The fourth-order valence-corrected chi connectivity index (χ4v) is 1.63. The molecule has 0 radical (unpaired) electrons. The molecule has 0 spiro atoms. The molecular weight excluding hydrogens is 218 g/mol. The number of benzene rings is 2. The third-order valence-corrected chi connectivity index (χ3v) is 2.44. The number of hydrogen-bond donors (Lipinski definition) is 2. The Labute approximate surface area is 97.8 Å². The number of nitrogen functional groups attached to an aromatic ring is 2. The highest BCUT2D eigenvalue weighted by molar-refractivity contribution is 5.79. The van der Waals surface area contributed by atoms with Crippen molar-refractivity contribution in [2.24, 2.45) is 0 Å². The third kappa shape index (κ3) is 2.17. The Morgan fingerprint density at radius 2 is 1.82 bits per heavy atom. The number of non-ortho nitro benzene ring substituents is 1. The van der Waals surface area contributed by atoms with Crippen LogP contribution in [0.4, 0.5) is 17.1 Å². The van der Waals surface area contributed by atoms with E-state index >= 15 is 0 Å². The molecular formula is C12H11N3O2. The summed E-state index contributed by atoms with van der Waals surface area (Å²) in [4.78, 5) is 10.2. The topological polar surface area (TPSA) is 95.2 Å². The third-order valence-electron chi connectivity index (χ3n) is 2.44. The van der Waals surface area contributed by atoms with Gasteiger partial charge in [0.15, 0.2) is 0 Å². The first kappa shape index (κ1) is 10.9. The van der Waals surface area contributed by atoms with Gasteiger partial charge in [-0.3, -0.25) is 10.1 Å². The van der Waals surface area contributed by atoms with E-state index < -0.39 is 4.92 Å². The van der Waals surface area contributed by atoms with E-state index in [1.165, 1.54) is 12.1 Å². The van der Waals surface area contributed by atoms with E-state index in [1.807, 2.05) is 0 Å². The molecule has 0 aromatic heterocycles. The second kappa shape index (κ2) is 4.13.